The molecule has 3 aromatic heterocycles. The van der Waals surface area contributed by atoms with E-state index in [1.807, 2.05) is 6.07 Å². The van der Waals surface area contributed by atoms with Gasteiger partial charge in [-0.15, -0.1) is 0 Å². The van der Waals surface area contributed by atoms with Crippen LogP contribution in [0, 0.1) is 0 Å². The molecular formula is C19H22N7+. The van der Waals surface area contributed by atoms with Gasteiger partial charge in [-0.2, -0.15) is 0 Å². The molecule has 0 fully saturated rings. The summed E-state index contributed by atoms with van der Waals surface area (Å²) in [4.78, 5) is 9.33. The van der Waals surface area contributed by atoms with Crippen molar-refractivity contribution in [3.8, 4) is 0 Å². The molecule has 1 atom stereocenters. The van der Waals surface area contributed by atoms with Gasteiger partial charge in [-0.3, -0.25) is 13.9 Å². The number of para-hydroxylation sites is 2. The summed E-state index contributed by atoms with van der Waals surface area (Å²) in [5, 5.41) is 0. The van der Waals surface area contributed by atoms with Gasteiger partial charge in [0.1, 0.15) is 5.82 Å². The SMILES string of the molecule is C[C@@H]1N(c2cn3c4ccccc4nc3n2C)C=CN1c1n(C)cc[n+]1C. The molecule has 7 nitrogen and oxygen atoms in total. The van der Waals surface area contributed by atoms with Crippen LogP contribution < -0.4 is 14.4 Å². The Bertz CT molecular complexity index is 1140. The lowest BCUT2D eigenvalue weighted by atomic mass is 10.3. The Morgan fingerprint density at radius 1 is 1.08 bits per heavy atom. The van der Waals surface area contributed by atoms with Crippen LogP contribution in [0.25, 0.3) is 16.8 Å². The number of hydrogen-bond acceptors (Lipinski definition) is 3. The van der Waals surface area contributed by atoms with Crippen LogP contribution in [0.1, 0.15) is 6.92 Å². The Balaban J connectivity index is 1.58. The molecule has 0 spiro atoms. The van der Waals surface area contributed by atoms with E-state index in [2.05, 4.69) is 105 Å². The minimum absolute atomic E-state index is 0.166. The van der Waals surface area contributed by atoms with Crippen LogP contribution >= 0.6 is 0 Å². The largest absolute Gasteiger partial charge is 0.365 e. The summed E-state index contributed by atoms with van der Waals surface area (Å²) in [6, 6.07) is 8.24. The number of hydrogen-bond donors (Lipinski definition) is 0. The second kappa shape index (κ2) is 5.14. The van der Waals surface area contributed by atoms with Gasteiger partial charge in [-0.1, -0.05) is 12.1 Å². The molecule has 132 valence electrons. The molecule has 0 aliphatic carbocycles. The van der Waals surface area contributed by atoms with Gasteiger partial charge in [0.05, 0.1) is 49.9 Å². The van der Waals surface area contributed by atoms with E-state index in [1.54, 1.807) is 0 Å². The average Bonchev–Trinajstić information content (AvgIpc) is 3.34. The van der Waals surface area contributed by atoms with E-state index in [0.29, 0.717) is 0 Å². The fraction of sp³-hybridized carbons (Fsp3) is 0.263. The Kier molecular flexibility index (Phi) is 2.98. The quantitative estimate of drug-likeness (QED) is 0.521. The first kappa shape index (κ1) is 15.1. The van der Waals surface area contributed by atoms with Crippen molar-refractivity contribution in [1.82, 2.24) is 18.5 Å². The van der Waals surface area contributed by atoms with Crippen molar-refractivity contribution in [2.75, 3.05) is 9.80 Å². The van der Waals surface area contributed by atoms with Crippen LogP contribution in [0.15, 0.2) is 55.3 Å². The lowest BCUT2D eigenvalue weighted by Gasteiger charge is -2.25. The maximum Gasteiger partial charge on any atom is 0.365 e. The van der Waals surface area contributed by atoms with Crippen LogP contribution in [0.5, 0.6) is 0 Å². The number of fused-ring (bicyclic) bond motifs is 3. The van der Waals surface area contributed by atoms with Gasteiger partial charge in [0.15, 0.2) is 6.17 Å². The molecule has 0 unspecified atom stereocenters. The number of aromatic nitrogens is 5. The summed E-state index contributed by atoms with van der Waals surface area (Å²) in [5.41, 5.74) is 2.15. The molecular weight excluding hydrogens is 326 g/mol. The molecule has 0 bridgehead atoms. The summed E-state index contributed by atoms with van der Waals surface area (Å²) >= 11 is 0. The smallest absolute Gasteiger partial charge is 0.299 e. The summed E-state index contributed by atoms with van der Waals surface area (Å²) in [6.07, 6.45) is 10.7. The van der Waals surface area contributed by atoms with Crippen molar-refractivity contribution in [2.24, 2.45) is 21.1 Å². The van der Waals surface area contributed by atoms with E-state index in [4.69, 9.17) is 4.98 Å². The molecule has 1 aliphatic rings. The highest BCUT2D eigenvalue weighted by Crippen LogP contribution is 2.30. The highest BCUT2D eigenvalue weighted by molar-refractivity contribution is 5.80. The second-order valence-electron chi connectivity index (χ2n) is 6.88. The Morgan fingerprint density at radius 2 is 1.85 bits per heavy atom. The van der Waals surface area contributed by atoms with Gasteiger partial charge in [-0.05, 0) is 19.1 Å². The maximum absolute atomic E-state index is 4.78. The number of benzene rings is 1. The van der Waals surface area contributed by atoms with E-state index in [-0.39, 0.29) is 6.17 Å². The van der Waals surface area contributed by atoms with E-state index in [0.717, 1.165) is 28.6 Å². The van der Waals surface area contributed by atoms with Gasteiger partial charge < -0.3 is 0 Å². The molecule has 5 rings (SSSR count). The topological polar surface area (TPSA) is 37.5 Å². The van der Waals surface area contributed by atoms with E-state index in [1.165, 1.54) is 0 Å². The van der Waals surface area contributed by atoms with Crippen molar-refractivity contribution in [3.05, 3.63) is 55.3 Å². The molecule has 4 aromatic rings. The molecule has 26 heavy (non-hydrogen) atoms. The van der Waals surface area contributed by atoms with Gasteiger partial charge in [0.2, 0.25) is 5.78 Å². The number of imidazole rings is 3. The van der Waals surface area contributed by atoms with Crippen LogP contribution in [0.4, 0.5) is 11.8 Å². The first-order valence-corrected chi connectivity index (χ1v) is 8.75. The Morgan fingerprint density at radius 3 is 2.62 bits per heavy atom. The molecule has 7 heteroatoms. The minimum Gasteiger partial charge on any atom is -0.299 e. The fourth-order valence-electron chi connectivity index (χ4n) is 3.91. The van der Waals surface area contributed by atoms with Gasteiger partial charge in [0.25, 0.3) is 0 Å². The molecule has 0 saturated heterocycles. The van der Waals surface area contributed by atoms with E-state index >= 15 is 0 Å². The second-order valence-corrected chi connectivity index (χ2v) is 6.88. The Labute approximate surface area is 151 Å². The predicted molar refractivity (Wildman–Crippen MR) is 102 cm³/mol. The third-order valence-corrected chi connectivity index (χ3v) is 5.30. The van der Waals surface area contributed by atoms with Crippen LogP contribution in [0.2, 0.25) is 0 Å². The van der Waals surface area contributed by atoms with Crippen molar-refractivity contribution in [1.29, 1.82) is 0 Å². The number of anilines is 2. The normalized spacial score (nSPS) is 17.3. The van der Waals surface area contributed by atoms with E-state index in [9.17, 15) is 0 Å². The number of rotatable bonds is 2. The van der Waals surface area contributed by atoms with Gasteiger partial charge in [-0.25, -0.2) is 19.0 Å². The zero-order chi connectivity index (χ0) is 18.0. The third kappa shape index (κ3) is 1.88. The average molecular weight is 348 g/mol. The molecule has 0 saturated carbocycles. The predicted octanol–water partition coefficient (Wildman–Crippen LogP) is 2.13. The summed E-state index contributed by atoms with van der Waals surface area (Å²) in [5.74, 6) is 3.20. The molecule has 1 aliphatic heterocycles. The first-order valence-electron chi connectivity index (χ1n) is 8.75. The molecule has 4 heterocycles. The lowest BCUT2D eigenvalue weighted by molar-refractivity contribution is -0.657. The number of aryl methyl sites for hydroxylation is 3. The zero-order valence-corrected chi connectivity index (χ0v) is 15.4. The van der Waals surface area contributed by atoms with Gasteiger partial charge in [0, 0.05) is 13.2 Å². The Hall–Kier alpha value is -3.22. The highest BCUT2D eigenvalue weighted by Gasteiger charge is 2.34. The summed E-state index contributed by atoms with van der Waals surface area (Å²) in [6.45, 7) is 2.21. The van der Waals surface area contributed by atoms with Crippen molar-refractivity contribution in [2.45, 2.75) is 13.1 Å². The maximum atomic E-state index is 4.78. The summed E-state index contributed by atoms with van der Waals surface area (Å²) < 4.78 is 8.58. The lowest BCUT2D eigenvalue weighted by Crippen LogP contribution is -2.43. The van der Waals surface area contributed by atoms with Crippen LogP contribution in [0.3, 0.4) is 0 Å². The molecule has 0 N–H and O–H groups in total. The fourth-order valence-corrected chi connectivity index (χ4v) is 3.91. The third-order valence-electron chi connectivity index (χ3n) is 5.30. The minimum atomic E-state index is 0.166. The first-order chi connectivity index (χ1) is 12.6. The zero-order valence-electron chi connectivity index (χ0n) is 15.4. The van der Waals surface area contributed by atoms with Gasteiger partial charge >= 0.3 is 5.95 Å². The van der Waals surface area contributed by atoms with Crippen LogP contribution in [-0.2, 0) is 21.1 Å². The number of nitrogens with zero attached hydrogens (tertiary/aromatic N) is 7. The molecule has 0 amide bonds. The standard InChI is InChI=1S/C19H22N7/c1-14-24(11-12-25(14)19-21(2)9-10-22(19)3)17-13-26-16-8-6-5-7-15(16)20-18(26)23(17)4/h5-14H,1-4H3/q+1/t14-/m1/s1. The van der Waals surface area contributed by atoms with Crippen molar-refractivity contribution in [3.63, 3.8) is 0 Å². The van der Waals surface area contributed by atoms with Crippen molar-refractivity contribution < 1.29 is 4.57 Å². The van der Waals surface area contributed by atoms with Crippen LogP contribution in [-0.4, -0.2) is 24.7 Å². The summed E-state index contributed by atoms with van der Waals surface area (Å²) in [7, 11) is 6.21. The highest BCUT2D eigenvalue weighted by atomic mass is 15.5. The molecule has 1 aromatic carbocycles. The van der Waals surface area contributed by atoms with Crippen molar-refractivity contribution >= 4 is 28.6 Å². The monoisotopic (exact) mass is 348 g/mol. The van der Waals surface area contributed by atoms with E-state index < -0.39 is 0 Å². The molecule has 0 radical (unpaired) electrons.